The van der Waals surface area contributed by atoms with Crippen LogP contribution in [0.2, 0.25) is 0 Å². The standard InChI is InChI=1S/C17H29NO/c1-12-7-8-15(9-13(12)2)14(3)18-11-16(19)10-17(4,5)6/h7-9,14,16,18-19H,10-11H2,1-6H3. The fraction of sp³-hybridized carbons (Fsp3) is 0.647. The second kappa shape index (κ2) is 6.53. The summed E-state index contributed by atoms with van der Waals surface area (Å²) in [6.45, 7) is 13.5. The monoisotopic (exact) mass is 263 g/mol. The third-order valence-electron chi connectivity index (χ3n) is 3.54. The lowest BCUT2D eigenvalue weighted by Crippen LogP contribution is -2.31. The van der Waals surface area contributed by atoms with E-state index in [1.807, 2.05) is 0 Å². The van der Waals surface area contributed by atoms with E-state index < -0.39 is 0 Å². The highest BCUT2D eigenvalue weighted by Gasteiger charge is 2.17. The lowest BCUT2D eigenvalue weighted by Gasteiger charge is -2.24. The molecule has 0 spiro atoms. The van der Waals surface area contributed by atoms with Crippen LogP contribution in [0.15, 0.2) is 18.2 Å². The lowest BCUT2D eigenvalue weighted by molar-refractivity contribution is 0.117. The first kappa shape index (κ1) is 16.2. The summed E-state index contributed by atoms with van der Waals surface area (Å²) < 4.78 is 0. The summed E-state index contributed by atoms with van der Waals surface area (Å²) in [7, 11) is 0. The van der Waals surface area contributed by atoms with E-state index >= 15 is 0 Å². The topological polar surface area (TPSA) is 32.3 Å². The minimum Gasteiger partial charge on any atom is -0.392 e. The van der Waals surface area contributed by atoms with Crippen molar-refractivity contribution in [3.8, 4) is 0 Å². The molecule has 0 aliphatic rings. The highest BCUT2D eigenvalue weighted by atomic mass is 16.3. The predicted octanol–water partition coefficient (Wildman–Crippen LogP) is 3.75. The largest absolute Gasteiger partial charge is 0.392 e. The number of hydrogen-bond acceptors (Lipinski definition) is 2. The Kier molecular flexibility index (Phi) is 5.57. The molecule has 0 bridgehead atoms. The third-order valence-corrected chi connectivity index (χ3v) is 3.54. The third kappa shape index (κ3) is 5.75. The molecule has 1 aromatic rings. The molecule has 0 aliphatic carbocycles. The van der Waals surface area contributed by atoms with Crippen molar-refractivity contribution >= 4 is 0 Å². The van der Waals surface area contributed by atoms with Crippen LogP contribution in [-0.4, -0.2) is 17.8 Å². The van der Waals surface area contributed by atoms with Crippen LogP contribution in [0.25, 0.3) is 0 Å². The van der Waals surface area contributed by atoms with Gasteiger partial charge in [-0.15, -0.1) is 0 Å². The number of hydrogen-bond donors (Lipinski definition) is 2. The van der Waals surface area contributed by atoms with Gasteiger partial charge in [-0.3, -0.25) is 0 Å². The zero-order valence-corrected chi connectivity index (χ0v) is 13.2. The van der Waals surface area contributed by atoms with Gasteiger partial charge < -0.3 is 10.4 Å². The van der Waals surface area contributed by atoms with Crippen molar-refractivity contribution < 1.29 is 5.11 Å². The van der Waals surface area contributed by atoms with Crippen LogP contribution >= 0.6 is 0 Å². The van der Waals surface area contributed by atoms with Crippen molar-refractivity contribution in [2.24, 2.45) is 5.41 Å². The molecule has 2 heteroatoms. The molecule has 1 aromatic carbocycles. The maximum Gasteiger partial charge on any atom is 0.0669 e. The first-order chi connectivity index (χ1) is 8.69. The zero-order valence-electron chi connectivity index (χ0n) is 13.2. The summed E-state index contributed by atoms with van der Waals surface area (Å²) in [5.74, 6) is 0. The van der Waals surface area contributed by atoms with Crippen LogP contribution in [0.5, 0.6) is 0 Å². The van der Waals surface area contributed by atoms with Gasteiger partial charge in [0, 0.05) is 12.6 Å². The Hall–Kier alpha value is -0.860. The van der Waals surface area contributed by atoms with Crippen LogP contribution in [0.3, 0.4) is 0 Å². The summed E-state index contributed by atoms with van der Waals surface area (Å²) in [4.78, 5) is 0. The molecule has 0 fully saturated rings. The lowest BCUT2D eigenvalue weighted by atomic mass is 9.89. The molecule has 0 saturated carbocycles. The number of rotatable bonds is 5. The van der Waals surface area contributed by atoms with E-state index in [9.17, 15) is 5.11 Å². The molecule has 0 radical (unpaired) electrons. The Bertz CT molecular complexity index is 406. The van der Waals surface area contributed by atoms with Gasteiger partial charge in [0.1, 0.15) is 0 Å². The number of benzene rings is 1. The van der Waals surface area contributed by atoms with Gasteiger partial charge in [-0.1, -0.05) is 39.0 Å². The SMILES string of the molecule is Cc1ccc(C(C)NCC(O)CC(C)(C)C)cc1C. The predicted molar refractivity (Wildman–Crippen MR) is 82.4 cm³/mol. The average Bonchev–Trinajstić information content (AvgIpc) is 2.27. The summed E-state index contributed by atoms with van der Waals surface area (Å²) in [6.07, 6.45) is 0.536. The molecule has 0 aliphatic heterocycles. The fourth-order valence-electron chi connectivity index (χ4n) is 2.24. The summed E-state index contributed by atoms with van der Waals surface area (Å²) in [6, 6.07) is 6.82. The minimum absolute atomic E-state index is 0.171. The Morgan fingerprint density at radius 3 is 2.32 bits per heavy atom. The molecule has 0 aromatic heterocycles. The fourth-order valence-corrected chi connectivity index (χ4v) is 2.24. The molecule has 108 valence electrons. The number of aryl methyl sites for hydroxylation is 2. The average molecular weight is 263 g/mol. The molecule has 1 rings (SSSR count). The van der Waals surface area contributed by atoms with Crippen molar-refractivity contribution in [3.05, 3.63) is 34.9 Å². The maximum atomic E-state index is 10.0. The van der Waals surface area contributed by atoms with Crippen LogP contribution in [-0.2, 0) is 0 Å². The van der Waals surface area contributed by atoms with Crippen molar-refractivity contribution in [1.82, 2.24) is 5.32 Å². The van der Waals surface area contributed by atoms with Crippen LogP contribution < -0.4 is 5.32 Å². The molecule has 2 unspecified atom stereocenters. The normalized spacial score (nSPS) is 15.3. The summed E-state index contributed by atoms with van der Waals surface area (Å²) in [5, 5.41) is 13.4. The summed E-state index contributed by atoms with van der Waals surface area (Å²) in [5.41, 5.74) is 4.10. The first-order valence-corrected chi connectivity index (χ1v) is 7.17. The van der Waals surface area contributed by atoms with E-state index in [0.717, 1.165) is 6.42 Å². The van der Waals surface area contributed by atoms with E-state index in [4.69, 9.17) is 0 Å². The van der Waals surface area contributed by atoms with Crippen LogP contribution in [0.1, 0.15) is 56.8 Å². The number of nitrogens with one attached hydrogen (secondary N) is 1. The van der Waals surface area contributed by atoms with Crippen molar-refractivity contribution in [1.29, 1.82) is 0 Å². The van der Waals surface area contributed by atoms with E-state index in [0.29, 0.717) is 6.54 Å². The second-order valence-electron chi connectivity index (χ2n) is 6.89. The number of aliphatic hydroxyl groups excluding tert-OH is 1. The van der Waals surface area contributed by atoms with Gasteiger partial charge in [0.2, 0.25) is 0 Å². The smallest absolute Gasteiger partial charge is 0.0669 e. The van der Waals surface area contributed by atoms with E-state index in [-0.39, 0.29) is 17.6 Å². The second-order valence-corrected chi connectivity index (χ2v) is 6.89. The van der Waals surface area contributed by atoms with Crippen molar-refractivity contribution in [3.63, 3.8) is 0 Å². The Labute approximate surface area is 118 Å². The van der Waals surface area contributed by atoms with Crippen molar-refractivity contribution in [2.75, 3.05) is 6.54 Å². The van der Waals surface area contributed by atoms with Gasteiger partial charge in [-0.2, -0.15) is 0 Å². The molecule has 0 amide bonds. The molecule has 0 heterocycles. The molecule has 2 atom stereocenters. The Morgan fingerprint density at radius 2 is 1.79 bits per heavy atom. The number of aliphatic hydroxyl groups is 1. The molecule has 0 saturated heterocycles. The Morgan fingerprint density at radius 1 is 1.16 bits per heavy atom. The van der Waals surface area contributed by atoms with Gasteiger partial charge in [-0.25, -0.2) is 0 Å². The van der Waals surface area contributed by atoms with E-state index in [1.165, 1.54) is 16.7 Å². The van der Waals surface area contributed by atoms with Crippen molar-refractivity contribution in [2.45, 2.75) is 60.1 Å². The highest BCUT2D eigenvalue weighted by molar-refractivity contribution is 5.31. The summed E-state index contributed by atoms with van der Waals surface area (Å²) >= 11 is 0. The van der Waals surface area contributed by atoms with Gasteiger partial charge >= 0.3 is 0 Å². The van der Waals surface area contributed by atoms with Gasteiger partial charge in [0.25, 0.3) is 0 Å². The molecule has 19 heavy (non-hydrogen) atoms. The minimum atomic E-state index is -0.283. The van der Waals surface area contributed by atoms with Gasteiger partial charge in [-0.05, 0) is 49.3 Å². The molecule has 2 N–H and O–H groups in total. The quantitative estimate of drug-likeness (QED) is 0.848. The van der Waals surface area contributed by atoms with Gasteiger partial charge in [0.15, 0.2) is 0 Å². The van der Waals surface area contributed by atoms with Crippen LogP contribution in [0.4, 0.5) is 0 Å². The first-order valence-electron chi connectivity index (χ1n) is 7.17. The molecular weight excluding hydrogens is 234 g/mol. The van der Waals surface area contributed by atoms with Crippen LogP contribution in [0, 0.1) is 19.3 Å². The highest BCUT2D eigenvalue weighted by Crippen LogP contribution is 2.21. The zero-order chi connectivity index (χ0) is 14.6. The molecule has 2 nitrogen and oxygen atoms in total. The molecular formula is C17H29NO. The maximum absolute atomic E-state index is 10.0. The van der Waals surface area contributed by atoms with Gasteiger partial charge in [0.05, 0.1) is 6.10 Å². The van der Waals surface area contributed by atoms with E-state index in [2.05, 4.69) is 65.1 Å². The Balaban J connectivity index is 2.51. The van der Waals surface area contributed by atoms with E-state index in [1.54, 1.807) is 0 Å².